The first kappa shape index (κ1) is 17.7. The van der Waals surface area contributed by atoms with Gasteiger partial charge in [0.1, 0.15) is 17.0 Å². The number of aromatic nitrogens is 2. The van der Waals surface area contributed by atoms with Crippen molar-refractivity contribution < 1.29 is 4.79 Å². The number of piperazine rings is 1. The summed E-state index contributed by atoms with van der Waals surface area (Å²) < 4.78 is 0. The van der Waals surface area contributed by atoms with E-state index < -0.39 is 0 Å². The van der Waals surface area contributed by atoms with Crippen LogP contribution in [0, 0.1) is 13.8 Å². The predicted molar refractivity (Wildman–Crippen MR) is 106 cm³/mol. The fourth-order valence-corrected chi connectivity index (χ4v) is 4.95. The number of carbonyl (C=O) groups is 1. The van der Waals surface area contributed by atoms with Crippen LogP contribution < -0.4 is 4.90 Å². The molecular weight excluding hydrogens is 346 g/mol. The third-order valence-electron chi connectivity index (χ3n) is 5.68. The van der Waals surface area contributed by atoms with Crippen molar-refractivity contribution >= 4 is 33.3 Å². The van der Waals surface area contributed by atoms with E-state index in [1.807, 2.05) is 4.90 Å². The Balaban J connectivity index is 1.40. The number of rotatable bonds is 3. The van der Waals surface area contributed by atoms with Gasteiger partial charge in [-0.15, -0.1) is 11.3 Å². The van der Waals surface area contributed by atoms with E-state index in [9.17, 15) is 4.79 Å². The molecule has 6 nitrogen and oxygen atoms in total. The second-order valence-corrected chi connectivity index (χ2v) is 8.57. The second-order valence-electron chi connectivity index (χ2n) is 7.37. The Hall–Kier alpha value is -1.73. The van der Waals surface area contributed by atoms with Gasteiger partial charge in [0.2, 0.25) is 5.91 Å². The molecule has 0 spiro atoms. The molecule has 0 aliphatic carbocycles. The van der Waals surface area contributed by atoms with Crippen LogP contribution in [0.15, 0.2) is 6.33 Å². The van der Waals surface area contributed by atoms with Gasteiger partial charge in [-0.2, -0.15) is 0 Å². The number of hydrogen-bond donors (Lipinski definition) is 0. The summed E-state index contributed by atoms with van der Waals surface area (Å²) in [4.78, 5) is 30.6. The zero-order chi connectivity index (χ0) is 18.1. The van der Waals surface area contributed by atoms with Crippen LogP contribution in [0.1, 0.15) is 29.7 Å². The Morgan fingerprint density at radius 1 is 1.04 bits per heavy atom. The first-order valence-corrected chi connectivity index (χ1v) is 10.4. The average molecular weight is 374 g/mol. The molecule has 1 amide bonds. The van der Waals surface area contributed by atoms with E-state index in [2.05, 4.69) is 33.6 Å². The fraction of sp³-hybridized carbons (Fsp3) is 0.632. The average Bonchev–Trinajstić information content (AvgIpc) is 2.97. The Labute approximate surface area is 158 Å². The summed E-state index contributed by atoms with van der Waals surface area (Å²) in [5.74, 6) is 1.35. The maximum Gasteiger partial charge on any atom is 0.236 e. The van der Waals surface area contributed by atoms with Crippen LogP contribution in [0.5, 0.6) is 0 Å². The fourth-order valence-electron chi connectivity index (χ4n) is 3.96. The van der Waals surface area contributed by atoms with Crippen LogP contribution in [0.25, 0.3) is 10.2 Å². The molecule has 0 bridgehead atoms. The van der Waals surface area contributed by atoms with Crippen molar-refractivity contribution in [2.45, 2.75) is 33.1 Å². The molecular formula is C19H27N5OS. The molecule has 2 aliphatic rings. The largest absolute Gasteiger partial charge is 0.353 e. The van der Waals surface area contributed by atoms with Crippen LogP contribution >= 0.6 is 11.3 Å². The topological polar surface area (TPSA) is 52.6 Å². The molecule has 140 valence electrons. The number of nitrogens with zero attached hydrogens (tertiary/aromatic N) is 5. The number of aryl methyl sites for hydroxylation is 2. The first-order valence-electron chi connectivity index (χ1n) is 9.59. The lowest BCUT2D eigenvalue weighted by Crippen LogP contribution is -2.51. The molecule has 0 N–H and O–H groups in total. The van der Waals surface area contributed by atoms with Gasteiger partial charge in [0.15, 0.2) is 0 Å². The smallest absolute Gasteiger partial charge is 0.236 e. The van der Waals surface area contributed by atoms with E-state index in [4.69, 9.17) is 0 Å². The number of hydrogen-bond acceptors (Lipinski definition) is 6. The van der Waals surface area contributed by atoms with Crippen LogP contribution in [-0.2, 0) is 4.79 Å². The normalized spacial score (nSPS) is 19.3. The minimum Gasteiger partial charge on any atom is -0.353 e. The van der Waals surface area contributed by atoms with Gasteiger partial charge in [0, 0.05) is 44.1 Å². The summed E-state index contributed by atoms with van der Waals surface area (Å²) in [5.41, 5.74) is 1.29. The Kier molecular flexibility index (Phi) is 5.09. The van der Waals surface area contributed by atoms with Gasteiger partial charge >= 0.3 is 0 Å². The van der Waals surface area contributed by atoms with E-state index in [0.29, 0.717) is 12.5 Å². The summed E-state index contributed by atoms with van der Waals surface area (Å²) in [7, 11) is 0. The Morgan fingerprint density at radius 3 is 2.50 bits per heavy atom. The van der Waals surface area contributed by atoms with Crippen LogP contribution in [0.3, 0.4) is 0 Å². The molecule has 2 aromatic rings. The zero-order valence-corrected chi connectivity index (χ0v) is 16.5. The van der Waals surface area contributed by atoms with Crippen LogP contribution in [-0.4, -0.2) is 71.5 Å². The molecule has 0 aromatic carbocycles. The van der Waals surface area contributed by atoms with E-state index in [1.165, 1.54) is 22.2 Å². The number of fused-ring (bicyclic) bond motifs is 1. The summed E-state index contributed by atoms with van der Waals surface area (Å²) in [6.07, 6.45) is 5.25. The van der Waals surface area contributed by atoms with Gasteiger partial charge in [-0.05, 0) is 38.7 Å². The van der Waals surface area contributed by atoms with Crippen LogP contribution in [0.4, 0.5) is 5.82 Å². The van der Waals surface area contributed by atoms with Crippen molar-refractivity contribution in [3.05, 3.63) is 16.8 Å². The summed E-state index contributed by atoms with van der Waals surface area (Å²) >= 11 is 1.74. The van der Waals surface area contributed by atoms with Gasteiger partial charge in [-0.25, -0.2) is 9.97 Å². The van der Waals surface area contributed by atoms with Crippen molar-refractivity contribution in [3.8, 4) is 0 Å². The molecule has 4 rings (SSSR count). The Bertz CT molecular complexity index is 791. The van der Waals surface area contributed by atoms with Crippen molar-refractivity contribution in [2.75, 3.05) is 50.7 Å². The molecule has 0 unspecified atom stereocenters. The highest BCUT2D eigenvalue weighted by Gasteiger charge is 2.25. The highest BCUT2D eigenvalue weighted by atomic mass is 32.1. The van der Waals surface area contributed by atoms with E-state index in [1.54, 1.807) is 17.7 Å². The minimum absolute atomic E-state index is 0.298. The molecule has 4 heterocycles. The maximum absolute atomic E-state index is 12.5. The van der Waals surface area contributed by atoms with Crippen LogP contribution in [0.2, 0.25) is 0 Å². The summed E-state index contributed by atoms with van der Waals surface area (Å²) in [6, 6.07) is 0. The van der Waals surface area contributed by atoms with Gasteiger partial charge in [0.05, 0.1) is 11.9 Å². The lowest BCUT2D eigenvalue weighted by molar-refractivity contribution is -0.133. The van der Waals surface area contributed by atoms with Gasteiger partial charge in [-0.1, -0.05) is 0 Å². The highest BCUT2D eigenvalue weighted by Crippen LogP contribution is 2.34. The highest BCUT2D eigenvalue weighted by molar-refractivity contribution is 7.18. The molecule has 0 atom stereocenters. The molecule has 2 aromatic heterocycles. The number of piperidine rings is 1. The zero-order valence-electron chi connectivity index (χ0n) is 15.7. The predicted octanol–water partition coefficient (Wildman–Crippen LogP) is 2.44. The van der Waals surface area contributed by atoms with Crippen molar-refractivity contribution in [1.29, 1.82) is 0 Å². The van der Waals surface area contributed by atoms with Gasteiger partial charge in [0.25, 0.3) is 0 Å². The molecule has 2 saturated heterocycles. The van der Waals surface area contributed by atoms with Crippen molar-refractivity contribution in [3.63, 3.8) is 0 Å². The third kappa shape index (κ3) is 3.42. The van der Waals surface area contributed by atoms with E-state index in [-0.39, 0.29) is 0 Å². The van der Waals surface area contributed by atoms with Gasteiger partial charge < -0.3 is 9.80 Å². The lowest BCUT2D eigenvalue weighted by atomic mass is 10.1. The second kappa shape index (κ2) is 7.48. The summed E-state index contributed by atoms with van der Waals surface area (Å²) in [5, 5.41) is 1.20. The number of thiophene rings is 1. The summed E-state index contributed by atoms with van der Waals surface area (Å²) in [6.45, 7) is 10.4. The molecule has 0 radical (unpaired) electrons. The lowest BCUT2D eigenvalue weighted by Gasteiger charge is -2.36. The standard InChI is InChI=1S/C19H27N5OS/c1-14-15(2)26-19-17(14)18(20-13-21-19)24-10-8-22(9-11-24)12-16(25)23-6-4-3-5-7-23/h13H,3-12H2,1-2H3. The van der Waals surface area contributed by atoms with Crippen molar-refractivity contribution in [2.24, 2.45) is 0 Å². The monoisotopic (exact) mass is 373 g/mol. The number of carbonyl (C=O) groups excluding carboxylic acids is 1. The van der Waals surface area contributed by atoms with E-state index >= 15 is 0 Å². The number of anilines is 1. The molecule has 0 saturated carbocycles. The van der Waals surface area contributed by atoms with Crippen molar-refractivity contribution in [1.82, 2.24) is 19.8 Å². The SMILES string of the molecule is Cc1sc2ncnc(N3CCN(CC(=O)N4CCCCC4)CC3)c2c1C. The van der Waals surface area contributed by atoms with Gasteiger partial charge in [-0.3, -0.25) is 9.69 Å². The molecule has 2 aliphatic heterocycles. The quantitative estimate of drug-likeness (QED) is 0.827. The number of amides is 1. The van der Waals surface area contributed by atoms with E-state index in [0.717, 1.165) is 62.8 Å². The third-order valence-corrected chi connectivity index (χ3v) is 6.80. The minimum atomic E-state index is 0.298. The first-order chi connectivity index (χ1) is 12.6. The molecule has 2 fully saturated rings. The molecule has 26 heavy (non-hydrogen) atoms. The Morgan fingerprint density at radius 2 is 1.77 bits per heavy atom. The number of likely N-dealkylation sites (tertiary alicyclic amines) is 1. The molecule has 7 heteroatoms. The maximum atomic E-state index is 12.5.